The average molecular weight is 571 g/mol. The van der Waals surface area contributed by atoms with Gasteiger partial charge in [0.15, 0.2) is 0 Å². The van der Waals surface area contributed by atoms with Crippen LogP contribution in [0.1, 0.15) is 0 Å². The molecule has 0 saturated carbocycles. The normalized spacial score (nSPS) is 12.0. The van der Waals surface area contributed by atoms with E-state index in [9.17, 15) is 0 Å². The van der Waals surface area contributed by atoms with E-state index >= 15 is 0 Å². The summed E-state index contributed by atoms with van der Waals surface area (Å²) >= 11 is 0. The molecule has 0 N–H and O–H groups in total. The Kier molecular flexibility index (Phi) is 5.06. The third-order valence-electron chi connectivity index (χ3n) is 9.64. The van der Waals surface area contributed by atoms with Gasteiger partial charge in [0.25, 0.3) is 0 Å². The Balaban J connectivity index is 1.32. The van der Waals surface area contributed by atoms with Gasteiger partial charge in [-0.15, -0.1) is 0 Å². The molecule has 10 rings (SSSR count). The summed E-state index contributed by atoms with van der Waals surface area (Å²) in [5, 5.41) is 14.9. The van der Waals surface area contributed by atoms with E-state index in [0.717, 1.165) is 16.6 Å². The number of hydrogen-bond donors (Lipinski definition) is 0. The fraction of sp³-hybridized carbons (Fsp3) is 0. The third kappa shape index (κ3) is 3.50. The van der Waals surface area contributed by atoms with Crippen LogP contribution in [-0.2, 0) is 0 Å². The molecule has 45 heavy (non-hydrogen) atoms. The molecule has 0 saturated heterocycles. The molecule has 208 valence electrons. The van der Waals surface area contributed by atoms with Crippen molar-refractivity contribution in [2.45, 2.75) is 0 Å². The summed E-state index contributed by atoms with van der Waals surface area (Å²) in [6.07, 6.45) is 0. The van der Waals surface area contributed by atoms with Crippen LogP contribution in [0, 0.1) is 0 Å². The van der Waals surface area contributed by atoms with E-state index in [-0.39, 0.29) is 0 Å². The first-order chi connectivity index (χ1) is 22.3. The predicted octanol–water partition coefficient (Wildman–Crippen LogP) is 12.7. The molecule has 0 fully saturated rings. The number of benzene rings is 9. The highest BCUT2D eigenvalue weighted by Crippen LogP contribution is 2.47. The van der Waals surface area contributed by atoms with Crippen LogP contribution in [0.5, 0.6) is 0 Å². The minimum Gasteiger partial charge on any atom is -0.456 e. The molecule has 0 bridgehead atoms. The average Bonchev–Trinajstić information content (AvgIpc) is 3.49. The van der Waals surface area contributed by atoms with E-state index in [1.54, 1.807) is 0 Å². The molecule has 1 heteroatoms. The van der Waals surface area contributed by atoms with Gasteiger partial charge < -0.3 is 4.42 Å². The lowest BCUT2D eigenvalue weighted by Gasteiger charge is -2.19. The molecular formula is C44H26O. The van der Waals surface area contributed by atoms with Crippen molar-refractivity contribution in [3.05, 3.63) is 158 Å². The SMILES string of the molecule is c1ccc2c(c1)ccc1c(-c3c4ccccc4c(-c4ccc5oc6ccc7ccccc7c6c5c4)c4ccccc34)cccc12. The van der Waals surface area contributed by atoms with Crippen molar-refractivity contribution in [1.29, 1.82) is 0 Å². The van der Waals surface area contributed by atoms with Gasteiger partial charge in [0.2, 0.25) is 0 Å². The van der Waals surface area contributed by atoms with E-state index in [2.05, 4.69) is 158 Å². The molecule has 0 atom stereocenters. The van der Waals surface area contributed by atoms with Crippen molar-refractivity contribution >= 4 is 75.8 Å². The number of rotatable bonds is 2. The van der Waals surface area contributed by atoms with Gasteiger partial charge in [0.05, 0.1) is 0 Å². The fourth-order valence-electron chi connectivity index (χ4n) is 7.69. The molecule has 10 aromatic rings. The lowest BCUT2D eigenvalue weighted by Crippen LogP contribution is -1.92. The number of hydrogen-bond acceptors (Lipinski definition) is 1. The molecule has 1 heterocycles. The molecule has 1 nitrogen and oxygen atoms in total. The standard InChI is InChI=1S/C44H26O/c1-3-12-30-27(10-1)20-23-33-32(30)18-9-19-34(33)43-37-16-7-5-14-35(37)42(36-15-6-8-17-38(36)43)29-22-24-40-39(26-29)44-31-13-4-2-11-28(31)21-25-41(44)45-40/h1-26H. The maximum Gasteiger partial charge on any atom is 0.136 e. The highest BCUT2D eigenvalue weighted by Gasteiger charge is 2.19. The molecule has 0 aliphatic heterocycles. The van der Waals surface area contributed by atoms with Crippen LogP contribution < -0.4 is 0 Å². The molecule has 1 aromatic heterocycles. The fourth-order valence-corrected chi connectivity index (χ4v) is 7.69. The van der Waals surface area contributed by atoms with Gasteiger partial charge in [0.1, 0.15) is 11.2 Å². The smallest absolute Gasteiger partial charge is 0.136 e. The van der Waals surface area contributed by atoms with E-state index in [4.69, 9.17) is 4.42 Å². The number of furan rings is 1. The van der Waals surface area contributed by atoms with Crippen molar-refractivity contribution < 1.29 is 4.42 Å². The molecule has 0 spiro atoms. The zero-order valence-corrected chi connectivity index (χ0v) is 24.4. The van der Waals surface area contributed by atoms with Gasteiger partial charge in [0, 0.05) is 10.8 Å². The van der Waals surface area contributed by atoms with Crippen molar-refractivity contribution in [2.24, 2.45) is 0 Å². The van der Waals surface area contributed by atoms with Gasteiger partial charge in [-0.25, -0.2) is 0 Å². The first-order valence-electron chi connectivity index (χ1n) is 15.5. The zero-order valence-electron chi connectivity index (χ0n) is 24.4. The van der Waals surface area contributed by atoms with Gasteiger partial charge in [-0.05, 0) is 94.3 Å². The Morgan fingerprint density at radius 1 is 0.311 bits per heavy atom. The highest BCUT2D eigenvalue weighted by molar-refractivity contribution is 6.26. The molecule has 9 aromatic carbocycles. The first-order valence-corrected chi connectivity index (χ1v) is 15.5. The summed E-state index contributed by atoms with van der Waals surface area (Å²) in [6, 6.07) is 57.4. The maximum absolute atomic E-state index is 6.37. The van der Waals surface area contributed by atoms with Gasteiger partial charge in [-0.2, -0.15) is 0 Å². The molecule has 0 amide bonds. The lowest BCUT2D eigenvalue weighted by atomic mass is 9.84. The second-order valence-corrected chi connectivity index (χ2v) is 12.0. The number of fused-ring (bicyclic) bond motifs is 10. The second-order valence-electron chi connectivity index (χ2n) is 12.0. The van der Waals surface area contributed by atoms with Gasteiger partial charge in [-0.1, -0.05) is 140 Å². The quantitative estimate of drug-likeness (QED) is 0.149. The summed E-state index contributed by atoms with van der Waals surface area (Å²) in [7, 11) is 0. The van der Waals surface area contributed by atoms with Crippen LogP contribution in [0.3, 0.4) is 0 Å². The third-order valence-corrected chi connectivity index (χ3v) is 9.64. The molecule has 0 aliphatic rings. The Labute approximate surface area is 259 Å². The van der Waals surface area contributed by atoms with Crippen molar-refractivity contribution in [1.82, 2.24) is 0 Å². The van der Waals surface area contributed by atoms with E-state index in [1.807, 2.05) is 0 Å². The predicted molar refractivity (Wildman–Crippen MR) is 192 cm³/mol. The lowest BCUT2D eigenvalue weighted by molar-refractivity contribution is 0.669. The van der Waals surface area contributed by atoms with E-state index < -0.39 is 0 Å². The zero-order chi connectivity index (χ0) is 29.5. The first kappa shape index (κ1) is 24.5. The molecular weight excluding hydrogens is 544 g/mol. The van der Waals surface area contributed by atoms with Gasteiger partial charge in [-0.3, -0.25) is 0 Å². The minimum atomic E-state index is 0.915. The largest absolute Gasteiger partial charge is 0.456 e. The summed E-state index contributed by atoms with van der Waals surface area (Å²) in [5.41, 5.74) is 6.84. The monoisotopic (exact) mass is 570 g/mol. The van der Waals surface area contributed by atoms with Crippen LogP contribution in [0.15, 0.2) is 162 Å². The van der Waals surface area contributed by atoms with Crippen molar-refractivity contribution in [3.8, 4) is 22.3 Å². The van der Waals surface area contributed by atoms with E-state index in [0.29, 0.717) is 0 Å². The second kappa shape index (κ2) is 9.29. The van der Waals surface area contributed by atoms with Crippen LogP contribution in [0.2, 0.25) is 0 Å². The van der Waals surface area contributed by atoms with Crippen LogP contribution >= 0.6 is 0 Å². The van der Waals surface area contributed by atoms with Crippen LogP contribution in [0.4, 0.5) is 0 Å². The Morgan fingerprint density at radius 2 is 0.867 bits per heavy atom. The van der Waals surface area contributed by atoms with Gasteiger partial charge >= 0.3 is 0 Å². The van der Waals surface area contributed by atoms with Crippen LogP contribution in [0.25, 0.3) is 98.1 Å². The molecule has 0 radical (unpaired) electrons. The van der Waals surface area contributed by atoms with Crippen molar-refractivity contribution in [3.63, 3.8) is 0 Å². The van der Waals surface area contributed by atoms with Crippen molar-refractivity contribution in [2.75, 3.05) is 0 Å². The minimum absolute atomic E-state index is 0.915. The highest BCUT2D eigenvalue weighted by atomic mass is 16.3. The Morgan fingerprint density at radius 3 is 1.60 bits per heavy atom. The Hall–Kier alpha value is -5.92. The summed E-state index contributed by atoms with van der Waals surface area (Å²) in [6.45, 7) is 0. The molecule has 0 unspecified atom stereocenters. The van der Waals surface area contributed by atoms with E-state index in [1.165, 1.54) is 81.5 Å². The summed E-state index contributed by atoms with van der Waals surface area (Å²) < 4.78 is 6.37. The maximum atomic E-state index is 6.37. The summed E-state index contributed by atoms with van der Waals surface area (Å²) in [5.74, 6) is 0. The van der Waals surface area contributed by atoms with Crippen LogP contribution in [-0.4, -0.2) is 0 Å². The molecule has 0 aliphatic carbocycles. The Bertz CT molecular complexity index is 2760. The topological polar surface area (TPSA) is 13.1 Å². The summed E-state index contributed by atoms with van der Waals surface area (Å²) in [4.78, 5) is 0.